The molecule has 0 radical (unpaired) electrons. The molecule has 11 nitrogen and oxygen atoms in total. The summed E-state index contributed by atoms with van der Waals surface area (Å²) < 4.78 is 11.6. The van der Waals surface area contributed by atoms with Gasteiger partial charge in [0.25, 0.3) is 22.7 Å². The van der Waals surface area contributed by atoms with Gasteiger partial charge in [0.1, 0.15) is 17.0 Å². The number of amides is 5. The van der Waals surface area contributed by atoms with Crippen molar-refractivity contribution < 1.29 is 33.4 Å². The van der Waals surface area contributed by atoms with Crippen LogP contribution in [0.2, 0.25) is 0 Å². The number of hydrogen-bond acceptors (Lipinski definition) is 7. The van der Waals surface area contributed by atoms with E-state index in [1.54, 1.807) is 12.1 Å². The van der Waals surface area contributed by atoms with Crippen molar-refractivity contribution in [2.45, 2.75) is 109 Å². The number of methoxy groups -OCH3 is 1. The van der Waals surface area contributed by atoms with E-state index in [0.717, 1.165) is 18.4 Å². The summed E-state index contributed by atoms with van der Waals surface area (Å²) in [4.78, 5) is 65.8. The lowest BCUT2D eigenvalue weighted by Crippen LogP contribution is -2.61. The minimum atomic E-state index is -2.81. The van der Waals surface area contributed by atoms with Gasteiger partial charge in [-0.1, -0.05) is 78.3 Å². The van der Waals surface area contributed by atoms with Gasteiger partial charge in [-0.3, -0.25) is 19.2 Å². The van der Waals surface area contributed by atoms with Crippen LogP contribution in [0.4, 0.5) is 16.2 Å². The van der Waals surface area contributed by atoms with Gasteiger partial charge in [0.05, 0.1) is 7.11 Å². The van der Waals surface area contributed by atoms with Crippen LogP contribution >= 0.6 is 11.6 Å². The number of hydrogen-bond donors (Lipinski definition) is 3. The van der Waals surface area contributed by atoms with E-state index in [9.17, 15) is 24.0 Å². The van der Waals surface area contributed by atoms with Gasteiger partial charge in [0, 0.05) is 22.5 Å². The van der Waals surface area contributed by atoms with Crippen LogP contribution in [0.15, 0.2) is 66.7 Å². The first kappa shape index (κ1) is 40.9. The average Bonchev–Trinajstić information content (AvgIpc) is 3.34. The molecule has 3 aromatic rings. The largest absolute Gasteiger partial charge is 0.497 e. The maximum Gasteiger partial charge on any atom is 0.327 e. The van der Waals surface area contributed by atoms with Crippen molar-refractivity contribution in [3.8, 4) is 11.5 Å². The quantitative estimate of drug-likeness (QED) is 0.0471. The second kappa shape index (κ2) is 15.6. The molecule has 1 aliphatic heterocycles. The highest BCUT2D eigenvalue weighted by atomic mass is 35.5. The predicted molar refractivity (Wildman–Crippen MR) is 207 cm³/mol. The molecule has 5 amide bonds. The summed E-state index contributed by atoms with van der Waals surface area (Å²) in [6.07, 6.45) is 1.36. The fraction of sp³-hybridized carbons (Fsp3) is 0.439. The van der Waals surface area contributed by atoms with Crippen LogP contribution in [0.5, 0.6) is 11.5 Å². The molecular weight excluding hydrogens is 696 g/mol. The van der Waals surface area contributed by atoms with E-state index in [0.29, 0.717) is 28.5 Å². The summed E-state index contributed by atoms with van der Waals surface area (Å²) in [7, 11) is 1.45. The first-order valence-electron chi connectivity index (χ1n) is 17.8. The first-order valence-corrected chi connectivity index (χ1v) is 18.2. The Labute approximate surface area is 317 Å². The number of carbonyl (C=O) groups excluding carboxylic acids is 5. The number of Topliss-reactive ketones (excluding diaryl/α,β-unsaturated/α-hetero) is 1. The Bertz CT molecular complexity index is 1890. The van der Waals surface area contributed by atoms with E-state index in [1.165, 1.54) is 62.9 Å². The summed E-state index contributed by atoms with van der Waals surface area (Å²) in [5.41, 5.74) is 0.978. The van der Waals surface area contributed by atoms with Gasteiger partial charge in [-0.15, -0.1) is 0 Å². The van der Waals surface area contributed by atoms with E-state index in [2.05, 4.69) is 69.6 Å². The zero-order chi connectivity index (χ0) is 39.5. The Morgan fingerprint density at radius 2 is 1.47 bits per heavy atom. The van der Waals surface area contributed by atoms with Crippen LogP contribution in [0, 0.1) is 0 Å². The van der Waals surface area contributed by atoms with Crippen LogP contribution in [0.25, 0.3) is 0 Å². The third-order valence-electron chi connectivity index (χ3n) is 10.2. The highest BCUT2D eigenvalue weighted by molar-refractivity contribution is 6.51. The Kier molecular flexibility index (Phi) is 12.0. The molecule has 4 rings (SSSR count). The number of halogens is 1. The highest BCUT2D eigenvalue weighted by Gasteiger charge is 2.61. The molecule has 1 aliphatic rings. The minimum Gasteiger partial charge on any atom is -0.497 e. The van der Waals surface area contributed by atoms with E-state index < -0.39 is 46.2 Å². The second-order valence-electron chi connectivity index (χ2n) is 15.1. The zero-order valence-electron chi connectivity index (χ0n) is 32.2. The monoisotopic (exact) mass is 746 g/mol. The molecule has 12 heteroatoms. The Morgan fingerprint density at radius 1 is 0.868 bits per heavy atom. The molecule has 0 saturated carbocycles. The molecule has 3 aromatic carbocycles. The molecule has 53 heavy (non-hydrogen) atoms. The van der Waals surface area contributed by atoms with Crippen LogP contribution in [-0.2, 0) is 25.2 Å². The third-order valence-corrected chi connectivity index (χ3v) is 10.7. The van der Waals surface area contributed by atoms with Gasteiger partial charge in [-0.2, -0.15) is 0 Å². The predicted octanol–water partition coefficient (Wildman–Crippen LogP) is 7.95. The molecule has 284 valence electrons. The minimum absolute atomic E-state index is 0.0296. The van der Waals surface area contributed by atoms with Crippen LogP contribution in [-0.4, -0.2) is 58.2 Å². The average molecular weight is 747 g/mol. The van der Waals surface area contributed by atoms with E-state index >= 15 is 0 Å². The Balaban J connectivity index is 1.61. The maximum atomic E-state index is 14.0. The number of rotatable bonds is 15. The molecule has 1 saturated heterocycles. The SMILES string of the molecule is CCC(Oc1ccc(C(C)(C)CC)cc1C(C)(C)CC)C(=O)Nc1cccc(NC(=O)C(Cl)(C(=O)c2ccc(OC)cc2)N2C(=O)NC(C)(C)C2=O)c1. The number of nitrogens with one attached hydrogen (secondary N) is 3. The molecule has 2 atom stereocenters. The van der Waals surface area contributed by atoms with Crippen LogP contribution in [0.1, 0.15) is 103 Å². The molecule has 1 fully saturated rings. The van der Waals surface area contributed by atoms with Crippen molar-refractivity contribution >= 4 is 52.5 Å². The fourth-order valence-electron chi connectivity index (χ4n) is 5.83. The second-order valence-corrected chi connectivity index (χ2v) is 15.6. The number of anilines is 2. The topological polar surface area (TPSA) is 143 Å². The van der Waals surface area contributed by atoms with Crippen molar-refractivity contribution in [2.75, 3.05) is 17.7 Å². The summed E-state index contributed by atoms with van der Waals surface area (Å²) in [5, 5.41) is 7.92. The Morgan fingerprint density at radius 3 is 2.00 bits per heavy atom. The van der Waals surface area contributed by atoms with Gasteiger partial charge < -0.3 is 25.4 Å². The normalized spacial score (nSPS) is 15.9. The fourth-order valence-corrected chi connectivity index (χ4v) is 6.14. The van der Waals surface area contributed by atoms with Gasteiger partial charge in [0.15, 0.2) is 6.10 Å². The number of nitrogens with zero attached hydrogens (tertiary/aromatic N) is 1. The molecule has 0 spiro atoms. The summed E-state index contributed by atoms with van der Waals surface area (Å²) in [6.45, 7) is 17.8. The number of imide groups is 1. The zero-order valence-corrected chi connectivity index (χ0v) is 33.0. The molecule has 2 unspecified atom stereocenters. The van der Waals surface area contributed by atoms with Crippen molar-refractivity contribution in [1.29, 1.82) is 0 Å². The van der Waals surface area contributed by atoms with Crippen molar-refractivity contribution in [3.63, 3.8) is 0 Å². The first-order chi connectivity index (χ1) is 24.7. The van der Waals surface area contributed by atoms with Gasteiger partial charge >= 0.3 is 6.03 Å². The lowest BCUT2D eigenvalue weighted by Gasteiger charge is -2.32. The van der Waals surface area contributed by atoms with E-state index in [4.69, 9.17) is 21.1 Å². The summed E-state index contributed by atoms with van der Waals surface area (Å²) >= 11 is 6.85. The third kappa shape index (κ3) is 8.35. The van der Waals surface area contributed by atoms with Gasteiger partial charge in [-0.25, -0.2) is 9.69 Å². The van der Waals surface area contributed by atoms with Crippen molar-refractivity contribution in [3.05, 3.63) is 83.4 Å². The summed E-state index contributed by atoms with van der Waals surface area (Å²) in [6, 6.07) is 17.1. The number of urea groups is 1. The standard InChI is InChI=1S/C41H51ClN4O7/c1-11-31(53-32-22-19-26(38(4,5)12-2)23-30(32)39(6,7)13-3)34(48)43-27-15-14-16-28(24-27)44-35(49)41(42,46-36(50)40(8,9)45-37(46)51)33(47)25-17-20-29(52-10)21-18-25/h14-24,31H,11-13H2,1-10H3,(H,43,48)(H,44,49)(H,45,51). The van der Waals surface area contributed by atoms with Crippen LogP contribution < -0.4 is 25.4 Å². The number of benzene rings is 3. The maximum absolute atomic E-state index is 14.0. The Hall–Kier alpha value is -4.90. The molecule has 0 aliphatic carbocycles. The molecule has 0 bridgehead atoms. The molecule has 0 aromatic heterocycles. The van der Waals surface area contributed by atoms with Crippen molar-refractivity contribution in [2.24, 2.45) is 0 Å². The summed E-state index contributed by atoms with van der Waals surface area (Å²) in [5.74, 6) is -2.35. The lowest BCUT2D eigenvalue weighted by molar-refractivity contribution is -0.136. The number of carbonyl (C=O) groups is 5. The molecular formula is C41H51ClN4O7. The van der Waals surface area contributed by atoms with Crippen LogP contribution in [0.3, 0.4) is 0 Å². The lowest BCUT2D eigenvalue weighted by atomic mass is 9.76. The molecule has 3 N–H and O–H groups in total. The number of ketones is 1. The molecule has 1 heterocycles. The van der Waals surface area contributed by atoms with E-state index in [1.807, 2.05) is 13.0 Å². The van der Waals surface area contributed by atoms with Gasteiger partial charge in [-0.05, 0) is 98.0 Å². The van der Waals surface area contributed by atoms with Crippen molar-refractivity contribution in [1.82, 2.24) is 10.2 Å². The number of ether oxygens (including phenoxy) is 2. The highest BCUT2D eigenvalue weighted by Crippen LogP contribution is 2.39. The van der Waals surface area contributed by atoms with E-state index in [-0.39, 0.29) is 22.1 Å². The smallest absolute Gasteiger partial charge is 0.327 e. The number of alkyl halides is 1. The van der Waals surface area contributed by atoms with Gasteiger partial charge in [0.2, 0.25) is 5.78 Å².